The van der Waals surface area contributed by atoms with Crippen LogP contribution in [0.5, 0.6) is 5.88 Å². The van der Waals surface area contributed by atoms with Crippen LogP contribution >= 0.6 is 11.6 Å². The molecule has 0 spiro atoms. The Kier molecular flexibility index (Phi) is 6.65. The second kappa shape index (κ2) is 8.08. The second-order valence-corrected chi connectivity index (χ2v) is 3.83. The summed E-state index contributed by atoms with van der Waals surface area (Å²) >= 11 is 5.73. The van der Waals surface area contributed by atoms with E-state index >= 15 is 0 Å². The lowest BCUT2D eigenvalue weighted by Crippen LogP contribution is -2.26. The van der Waals surface area contributed by atoms with E-state index in [4.69, 9.17) is 21.1 Å². The van der Waals surface area contributed by atoms with Gasteiger partial charge in [0.25, 0.3) is 0 Å². The number of rotatable bonds is 8. The van der Waals surface area contributed by atoms with Crippen LogP contribution in [-0.4, -0.2) is 42.2 Å². The number of ether oxygens (including phenoxy) is 2. The summed E-state index contributed by atoms with van der Waals surface area (Å²) < 4.78 is 10.4. The molecule has 1 aromatic rings. The third-order valence-electron chi connectivity index (χ3n) is 2.11. The first-order valence-corrected chi connectivity index (χ1v) is 6.09. The number of nitrogens with one attached hydrogen (secondary N) is 1. The van der Waals surface area contributed by atoms with E-state index in [2.05, 4.69) is 15.3 Å². The SMILES string of the molecule is CCOc1cc(NC(CCCl)COC)ncn1. The Labute approximate surface area is 107 Å². The Hall–Kier alpha value is -1.07. The van der Waals surface area contributed by atoms with Crippen molar-refractivity contribution in [3.05, 3.63) is 12.4 Å². The van der Waals surface area contributed by atoms with Crippen LogP contribution in [0, 0.1) is 0 Å². The highest BCUT2D eigenvalue weighted by Gasteiger charge is 2.09. The highest BCUT2D eigenvalue weighted by molar-refractivity contribution is 6.17. The number of hydrogen-bond acceptors (Lipinski definition) is 5. The zero-order chi connectivity index (χ0) is 12.5. The molecule has 0 radical (unpaired) electrons. The average Bonchev–Trinajstić information content (AvgIpc) is 2.30. The number of aromatic nitrogens is 2. The molecule has 1 unspecified atom stereocenters. The van der Waals surface area contributed by atoms with E-state index in [1.165, 1.54) is 6.33 Å². The van der Waals surface area contributed by atoms with Crippen molar-refractivity contribution in [3.63, 3.8) is 0 Å². The first-order valence-electron chi connectivity index (χ1n) is 5.56. The quantitative estimate of drug-likeness (QED) is 0.723. The molecule has 5 nitrogen and oxygen atoms in total. The fourth-order valence-corrected chi connectivity index (χ4v) is 1.65. The lowest BCUT2D eigenvalue weighted by molar-refractivity contribution is 0.184. The minimum absolute atomic E-state index is 0.141. The largest absolute Gasteiger partial charge is 0.478 e. The van der Waals surface area contributed by atoms with E-state index in [-0.39, 0.29) is 6.04 Å². The molecule has 0 fully saturated rings. The summed E-state index contributed by atoms with van der Waals surface area (Å²) in [6.07, 6.45) is 2.28. The maximum atomic E-state index is 5.73. The van der Waals surface area contributed by atoms with Crippen LogP contribution in [0.4, 0.5) is 5.82 Å². The van der Waals surface area contributed by atoms with Gasteiger partial charge in [-0.05, 0) is 13.3 Å². The molecule has 6 heteroatoms. The van der Waals surface area contributed by atoms with Crippen molar-refractivity contribution in [1.82, 2.24) is 9.97 Å². The molecule has 1 N–H and O–H groups in total. The van der Waals surface area contributed by atoms with Crippen molar-refractivity contribution in [2.45, 2.75) is 19.4 Å². The molecule has 0 aliphatic carbocycles. The number of methoxy groups -OCH3 is 1. The van der Waals surface area contributed by atoms with E-state index in [9.17, 15) is 0 Å². The normalized spacial score (nSPS) is 12.2. The maximum absolute atomic E-state index is 5.73. The first kappa shape index (κ1) is 14.0. The van der Waals surface area contributed by atoms with Gasteiger partial charge >= 0.3 is 0 Å². The predicted octanol–water partition coefficient (Wildman–Crippen LogP) is 1.93. The van der Waals surface area contributed by atoms with Crippen LogP contribution < -0.4 is 10.1 Å². The fraction of sp³-hybridized carbons (Fsp3) is 0.636. The Bertz CT molecular complexity index is 319. The molecule has 1 rings (SSSR count). The minimum atomic E-state index is 0.141. The maximum Gasteiger partial charge on any atom is 0.218 e. The Balaban J connectivity index is 2.60. The lowest BCUT2D eigenvalue weighted by Gasteiger charge is -2.17. The standard InChI is InChI=1S/C11H18ClN3O2/c1-3-17-11-6-10(13-8-14-11)15-9(4-5-12)7-16-2/h6,8-9H,3-5,7H2,1-2H3,(H,13,14,15). The zero-order valence-corrected chi connectivity index (χ0v) is 10.9. The van der Waals surface area contributed by atoms with Gasteiger partial charge in [-0.2, -0.15) is 0 Å². The highest BCUT2D eigenvalue weighted by atomic mass is 35.5. The number of anilines is 1. The fourth-order valence-electron chi connectivity index (χ4n) is 1.38. The summed E-state index contributed by atoms with van der Waals surface area (Å²) in [5.41, 5.74) is 0. The van der Waals surface area contributed by atoms with E-state index in [0.29, 0.717) is 25.0 Å². The van der Waals surface area contributed by atoms with Crippen molar-refractivity contribution in [3.8, 4) is 5.88 Å². The van der Waals surface area contributed by atoms with Crippen molar-refractivity contribution in [1.29, 1.82) is 0 Å². The van der Waals surface area contributed by atoms with Gasteiger partial charge in [0.05, 0.1) is 19.3 Å². The van der Waals surface area contributed by atoms with Gasteiger partial charge in [0.1, 0.15) is 12.1 Å². The molecule has 1 atom stereocenters. The molecule has 17 heavy (non-hydrogen) atoms. The molecule has 0 aliphatic heterocycles. The Morgan fingerprint density at radius 1 is 1.47 bits per heavy atom. The third-order valence-corrected chi connectivity index (χ3v) is 2.33. The second-order valence-electron chi connectivity index (χ2n) is 3.45. The molecule has 0 saturated heterocycles. The van der Waals surface area contributed by atoms with Gasteiger partial charge in [-0.1, -0.05) is 0 Å². The summed E-state index contributed by atoms with van der Waals surface area (Å²) in [5, 5.41) is 3.24. The van der Waals surface area contributed by atoms with E-state index in [1.807, 2.05) is 6.92 Å². The number of halogens is 1. The highest BCUT2D eigenvalue weighted by Crippen LogP contribution is 2.13. The van der Waals surface area contributed by atoms with E-state index < -0.39 is 0 Å². The third kappa shape index (κ3) is 5.19. The van der Waals surface area contributed by atoms with Crippen molar-refractivity contribution in [2.75, 3.05) is 31.5 Å². The van der Waals surface area contributed by atoms with Gasteiger partial charge in [-0.3, -0.25) is 0 Å². The summed E-state index contributed by atoms with van der Waals surface area (Å²) in [4.78, 5) is 8.12. The monoisotopic (exact) mass is 259 g/mol. The van der Waals surface area contributed by atoms with Gasteiger partial charge < -0.3 is 14.8 Å². The van der Waals surface area contributed by atoms with Gasteiger partial charge in [0.2, 0.25) is 5.88 Å². The summed E-state index contributed by atoms with van der Waals surface area (Å²) in [5.74, 6) is 1.85. The Morgan fingerprint density at radius 2 is 2.29 bits per heavy atom. The summed E-state index contributed by atoms with van der Waals surface area (Å²) in [7, 11) is 1.66. The lowest BCUT2D eigenvalue weighted by atomic mass is 10.2. The molecule has 0 aliphatic rings. The van der Waals surface area contributed by atoms with Crippen LogP contribution in [-0.2, 0) is 4.74 Å². The predicted molar refractivity (Wildman–Crippen MR) is 67.8 cm³/mol. The van der Waals surface area contributed by atoms with Crippen LogP contribution in [0.3, 0.4) is 0 Å². The summed E-state index contributed by atoms with van der Waals surface area (Å²) in [6, 6.07) is 1.90. The molecule has 0 aromatic carbocycles. The zero-order valence-electron chi connectivity index (χ0n) is 10.1. The number of hydrogen-bond donors (Lipinski definition) is 1. The van der Waals surface area contributed by atoms with Gasteiger partial charge in [-0.25, -0.2) is 9.97 Å². The van der Waals surface area contributed by atoms with Crippen molar-refractivity contribution >= 4 is 17.4 Å². The topological polar surface area (TPSA) is 56.3 Å². The Morgan fingerprint density at radius 3 is 2.94 bits per heavy atom. The molecule has 0 saturated carbocycles. The van der Waals surface area contributed by atoms with E-state index in [1.54, 1.807) is 13.2 Å². The molecular weight excluding hydrogens is 242 g/mol. The van der Waals surface area contributed by atoms with E-state index in [0.717, 1.165) is 12.2 Å². The molecule has 96 valence electrons. The molecular formula is C11H18ClN3O2. The van der Waals surface area contributed by atoms with Crippen LogP contribution in [0.25, 0.3) is 0 Å². The minimum Gasteiger partial charge on any atom is -0.478 e. The average molecular weight is 260 g/mol. The van der Waals surface area contributed by atoms with Crippen LogP contribution in [0.2, 0.25) is 0 Å². The first-order chi connectivity index (χ1) is 8.30. The summed E-state index contributed by atoms with van der Waals surface area (Å²) in [6.45, 7) is 3.08. The number of alkyl halides is 1. The number of nitrogens with zero attached hydrogens (tertiary/aromatic N) is 2. The smallest absolute Gasteiger partial charge is 0.218 e. The van der Waals surface area contributed by atoms with Gasteiger partial charge in [0, 0.05) is 19.1 Å². The van der Waals surface area contributed by atoms with Crippen LogP contribution in [0.1, 0.15) is 13.3 Å². The molecule has 1 aromatic heterocycles. The molecule has 1 heterocycles. The molecule has 0 bridgehead atoms. The van der Waals surface area contributed by atoms with Crippen molar-refractivity contribution < 1.29 is 9.47 Å². The molecule has 0 amide bonds. The van der Waals surface area contributed by atoms with Gasteiger partial charge in [0.15, 0.2) is 0 Å². The van der Waals surface area contributed by atoms with Crippen molar-refractivity contribution in [2.24, 2.45) is 0 Å². The van der Waals surface area contributed by atoms with Gasteiger partial charge in [-0.15, -0.1) is 11.6 Å². The van der Waals surface area contributed by atoms with Crippen LogP contribution in [0.15, 0.2) is 12.4 Å².